The van der Waals surface area contributed by atoms with Crippen molar-refractivity contribution in [2.75, 3.05) is 37.7 Å². The highest BCUT2D eigenvalue weighted by Crippen LogP contribution is 2.23. The van der Waals surface area contributed by atoms with Crippen molar-refractivity contribution in [1.82, 2.24) is 9.88 Å². The summed E-state index contributed by atoms with van der Waals surface area (Å²) < 4.78 is 5.52. The molecular weight excluding hydrogens is 350 g/mol. The van der Waals surface area contributed by atoms with Gasteiger partial charge in [0.1, 0.15) is 11.6 Å². The lowest BCUT2D eigenvalue weighted by atomic mass is 10.1. The highest BCUT2D eigenvalue weighted by molar-refractivity contribution is 5.94. The second kappa shape index (κ2) is 7.89. The Labute approximate surface area is 165 Å². The molecule has 0 unspecified atom stereocenters. The zero-order valence-electron chi connectivity index (χ0n) is 16.4. The van der Waals surface area contributed by atoms with Gasteiger partial charge in [0, 0.05) is 37.1 Å². The smallest absolute Gasteiger partial charge is 0.254 e. The number of rotatable bonds is 4. The van der Waals surface area contributed by atoms with E-state index in [0.717, 1.165) is 30.2 Å². The van der Waals surface area contributed by atoms with Gasteiger partial charge in [-0.2, -0.15) is 0 Å². The van der Waals surface area contributed by atoms with Gasteiger partial charge in [-0.1, -0.05) is 24.3 Å². The first-order valence-electron chi connectivity index (χ1n) is 9.79. The van der Waals surface area contributed by atoms with E-state index in [-0.39, 0.29) is 5.91 Å². The lowest BCUT2D eigenvalue weighted by Crippen LogP contribution is -2.49. The van der Waals surface area contributed by atoms with E-state index >= 15 is 0 Å². The van der Waals surface area contributed by atoms with Gasteiger partial charge < -0.3 is 14.5 Å². The zero-order valence-corrected chi connectivity index (χ0v) is 16.4. The first-order chi connectivity index (χ1) is 13.7. The van der Waals surface area contributed by atoms with Crippen LogP contribution in [0.15, 0.2) is 54.6 Å². The molecule has 0 bridgehead atoms. The maximum atomic E-state index is 12.9. The first kappa shape index (κ1) is 18.3. The molecule has 1 aliphatic rings. The van der Waals surface area contributed by atoms with Crippen LogP contribution < -0.4 is 9.64 Å². The number of carbonyl (C=O) groups excluding carboxylic acids is 1. The Morgan fingerprint density at radius 2 is 1.82 bits per heavy atom. The van der Waals surface area contributed by atoms with Crippen molar-refractivity contribution < 1.29 is 9.53 Å². The van der Waals surface area contributed by atoms with Crippen LogP contribution in [0.1, 0.15) is 22.8 Å². The zero-order chi connectivity index (χ0) is 19.5. The highest BCUT2D eigenvalue weighted by atomic mass is 16.5. The number of para-hydroxylation sites is 1. The lowest BCUT2D eigenvalue weighted by Gasteiger charge is -2.35. The van der Waals surface area contributed by atoms with Gasteiger partial charge in [0.25, 0.3) is 5.91 Å². The van der Waals surface area contributed by atoms with Crippen LogP contribution in [0.2, 0.25) is 0 Å². The molecule has 0 N–H and O–H groups in total. The summed E-state index contributed by atoms with van der Waals surface area (Å²) in [6, 6.07) is 17.8. The van der Waals surface area contributed by atoms with Crippen molar-refractivity contribution in [3.05, 3.63) is 65.7 Å². The van der Waals surface area contributed by atoms with Gasteiger partial charge in [0.05, 0.1) is 12.1 Å². The number of carbonyl (C=O) groups is 1. The Bertz CT molecular complexity index is 994. The fourth-order valence-electron chi connectivity index (χ4n) is 3.70. The lowest BCUT2D eigenvalue weighted by molar-refractivity contribution is 0.0746. The summed E-state index contributed by atoms with van der Waals surface area (Å²) in [5.41, 5.74) is 2.93. The number of fused-ring (bicyclic) bond motifs is 1. The predicted octanol–water partition coefficient (Wildman–Crippen LogP) is 3.90. The maximum Gasteiger partial charge on any atom is 0.254 e. The second-order valence-electron chi connectivity index (χ2n) is 7.05. The molecule has 0 spiro atoms. The van der Waals surface area contributed by atoms with Crippen LogP contribution in [-0.4, -0.2) is 48.6 Å². The molecule has 1 saturated heterocycles. The van der Waals surface area contributed by atoms with Crippen molar-refractivity contribution in [3.63, 3.8) is 0 Å². The molecule has 0 atom stereocenters. The standard InChI is InChI=1S/C23H25N3O2/c1-3-28-19-8-6-7-18(16-19)23(27)26-13-11-25(12-14-26)22-15-17(2)20-9-4-5-10-21(20)24-22/h4-10,15-16H,3,11-14H2,1-2H3. The van der Waals surface area contributed by atoms with E-state index in [4.69, 9.17) is 9.72 Å². The van der Waals surface area contributed by atoms with E-state index in [1.807, 2.05) is 48.2 Å². The number of hydrogen-bond donors (Lipinski definition) is 0. The van der Waals surface area contributed by atoms with Crippen LogP contribution in [0.3, 0.4) is 0 Å². The van der Waals surface area contributed by atoms with Crippen molar-refractivity contribution in [2.24, 2.45) is 0 Å². The molecule has 5 heteroatoms. The third kappa shape index (κ3) is 3.65. The second-order valence-corrected chi connectivity index (χ2v) is 7.05. The number of anilines is 1. The summed E-state index contributed by atoms with van der Waals surface area (Å²) in [6.45, 7) is 7.59. The SMILES string of the molecule is CCOc1cccc(C(=O)N2CCN(c3cc(C)c4ccccc4n3)CC2)c1. The van der Waals surface area contributed by atoms with Crippen LogP contribution in [0, 0.1) is 6.92 Å². The Hall–Kier alpha value is -3.08. The molecule has 28 heavy (non-hydrogen) atoms. The Kier molecular flexibility index (Phi) is 5.15. The summed E-state index contributed by atoms with van der Waals surface area (Å²) in [5, 5.41) is 1.19. The molecule has 0 saturated carbocycles. The van der Waals surface area contributed by atoms with Gasteiger partial charge in [-0.3, -0.25) is 4.79 Å². The minimum atomic E-state index is 0.0591. The third-order valence-electron chi connectivity index (χ3n) is 5.19. The van der Waals surface area contributed by atoms with Gasteiger partial charge in [-0.25, -0.2) is 4.98 Å². The number of aryl methyl sites for hydroxylation is 1. The molecular formula is C23H25N3O2. The van der Waals surface area contributed by atoms with Gasteiger partial charge >= 0.3 is 0 Å². The maximum absolute atomic E-state index is 12.9. The summed E-state index contributed by atoms with van der Waals surface area (Å²) >= 11 is 0. The fourth-order valence-corrected chi connectivity index (χ4v) is 3.70. The summed E-state index contributed by atoms with van der Waals surface area (Å²) in [4.78, 5) is 21.9. The number of piperazine rings is 1. The Morgan fingerprint density at radius 1 is 1.04 bits per heavy atom. The fraction of sp³-hybridized carbons (Fsp3) is 0.304. The number of pyridine rings is 1. The van der Waals surface area contributed by atoms with Crippen LogP contribution in [-0.2, 0) is 0 Å². The normalized spacial score (nSPS) is 14.4. The van der Waals surface area contributed by atoms with Crippen molar-refractivity contribution in [1.29, 1.82) is 0 Å². The van der Waals surface area contributed by atoms with Crippen molar-refractivity contribution >= 4 is 22.6 Å². The van der Waals surface area contributed by atoms with Gasteiger partial charge in [-0.15, -0.1) is 0 Å². The summed E-state index contributed by atoms with van der Waals surface area (Å²) in [6.07, 6.45) is 0. The Balaban J connectivity index is 1.46. The van der Waals surface area contributed by atoms with Gasteiger partial charge in [0.15, 0.2) is 0 Å². The Morgan fingerprint density at radius 3 is 2.61 bits per heavy atom. The van der Waals surface area contributed by atoms with E-state index < -0.39 is 0 Å². The number of hydrogen-bond acceptors (Lipinski definition) is 4. The highest BCUT2D eigenvalue weighted by Gasteiger charge is 2.23. The third-order valence-corrected chi connectivity index (χ3v) is 5.19. The summed E-state index contributed by atoms with van der Waals surface area (Å²) in [7, 11) is 0. The van der Waals surface area contributed by atoms with E-state index in [9.17, 15) is 4.79 Å². The molecule has 1 aromatic heterocycles. The van der Waals surface area contributed by atoms with Crippen LogP contribution >= 0.6 is 0 Å². The predicted molar refractivity (Wildman–Crippen MR) is 112 cm³/mol. The van der Waals surface area contributed by atoms with E-state index in [2.05, 4.69) is 30.0 Å². The average molecular weight is 375 g/mol. The number of benzene rings is 2. The molecule has 144 valence electrons. The minimum Gasteiger partial charge on any atom is -0.494 e. The molecule has 1 amide bonds. The molecule has 5 nitrogen and oxygen atoms in total. The minimum absolute atomic E-state index is 0.0591. The number of amides is 1. The van der Waals surface area contributed by atoms with E-state index in [1.165, 1.54) is 10.9 Å². The largest absolute Gasteiger partial charge is 0.494 e. The molecule has 0 radical (unpaired) electrons. The van der Waals surface area contributed by atoms with E-state index in [1.54, 1.807) is 0 Å². The molecule has 1 fully saturated rings. The van der Waals surface area contributed by atoms with Crippen molar-refractivity contribution in [3.8, 4) is 5.75 Å². The first-order valence-corrected chi connectivity index (χ1v) is 9.79. The number of ether oxygens (including phenoxy) is 1. The van der Waals surface area contributed by atoms with E-state index in [0.29, 0.717) is 25.3 Å². The van der Waals surface area contributed by atoms with Crippen LogP contribution in [0.25, 0.3) is 10.9 Å². The molecule has 3 aromatic rings. The number of aromatic nitrogens is 1. The summed E-state index contributed by atoms with van der Waals surface area (Å²) in [5.74, 6) is 1.79. The quantitative estimate of drug-likeness (QED) is 0.694. The molecule has 2 heterocycles. The molecule has 0 aliphatic carbocycles. The molecule has 1 aliphatic heterocycles. The topological polar surface area (TPSA) is 45.7 Å². The average Bonchev–Trinajstić information content (AvgIpc) is 2.74. The van der Waals surface area contributed by atoms with Gasteiger partial charge in [-0.05, 0) is 49.7 Å². The van der Waals surface area contributed by atoms with Gasteiger partial charge in [0.2, 0.25) is 0 Å². The molecule has 2 aromatic carbocycles. The number of nitrogens with zero attached hydrogens (tertiary/aromatic N) is 3. The van der Waals surface area contributed by atoms with Crippen LogP contribution in [0.4, 0.5) is 5.82 Å². The molecule has 4 rings (SSSR count). The van der Waals surface area contributed by atoms with Crippen LogP contribution in [0.5, 0.6) is 5.75 Å². The monoisotopic (exact) mass is 375 g/mol. The van der Waals surface area contributed by atoms with Crippen molar-refractivity contribution in [2.45, 2.75) is 13.8 Å².